The van der Waals surface area contributed by atoms with E-state index in [0.717, 1.165) is 0 Å². The first-order chi connectivity index (χ1) is 5.07. The number of rotatable bonds is 4. The first kappa shape index (κ1) is 10.5. The van der Waals surface area contributed by atoms with Crippen LogP contribution in [0.4, 0.5) is 0 Å². The Labute approximate surface area is 65.3 Å². The molecule has 0 aliphatic rings. The number of ether oxygens (including phenoxy) is 1. The molecule has 6 heteroatoms. The number of carbonyl (C=O) groups excluding carboxylic acids is 1. The Morgan fingerprint density at radius 3 is 2.64 bits per heavy atom. The van der Waals surface area contributed by atoms with E-state index in [9.17, 15) is 9.36 Å². The van der Waals surface area contributed by atoms with Gasteiger partial charge in [-0.15, -0.1) is 9.42 Å². The van der Waals surface area contributed by atoms with Crippen molar-refractivity contribution in [3.05, 3.63) is 0 Å². The summed E-state index contributed by atoms with van der Waals surface area (Å²) in [4.78, 5) is 18.9. The third-order valence-electron chi connectivity index (χ3n) is 0.867. The van der Waals surface area contributed by atoms with E-state index in [1.165, 1.54) is 6.92 Å². The molecule has 0 aliphatic carbocycles. The molecule has 5 nitrogen and oxygen atoms in total. The summed E-state index contributed by atoms with van der Waals surface area (Å²) in [5, 5.41) is 0. The molecule has 1 N–H and O–H groups in total. The molecule has 0 heterocycles. The Bertz CT molecular complexity index is 157. The highest BCUT2D eigenvalue weighted by Crippen LogP contribution is 2.18. The zero-order chi connectivity index (χ0) is 8.85. The summed E-state index contributed by atoms with van der Waals surface area (Å²) in [6.07, 6.45) is -0.983. The predicted octanol–water partition coefficient (Wildman–Crippen LogP) is 0.604. The van der Waals surface area contributed by atoms with Gasteiger partial charge < -0.3 is 4.74 Å². The third-order valence-corrected chi connectivity index (χ3v) is 1.36. The third kappa shape index (κ3) is 4.84. The zero-order valence-electron chi connectivity index (χ0n) is 6.31. The summed E-state index contributed by atoms with van der Waals surface area (Å²) >= 11 is 0. The monoisotopic (exact) mass is 181 g/mol. The van der Waals surface area contributed by atoms with Crippen LogP contribution in [0.3, 0.4) is 0 Å². The highest BCUT2D eigenvalue weighted by Gasteiger charge is 2.26. The minimum atomic E-state index is -2.73. The van der Waals surface area contributed by atoms with E-state index < -0.39 is 20.3 Å². The van der Waals surface area contributed by atoms with E-state index in [0.29, 0.717) is 0 Å². The van der Waals surface area contributed by atoms with Crippen molar-refractivity contribution in [3.8, 4) is 0 Å². The average molecular weight is 181 g/mol. The minimum Gasteiger partial charge on any atom is -0.464 e. The second kappa shape index (κ2) is 5.18. The van der Waals surface area contributed by atoms with Gasteiger partial charge in [-0.3, -0.25) is 0 Å². The van der Waals surface area contributed by atoms with Gasteiger partial charge in [-0.05, 0) is 13.8 Å². The lowest BCUT2D eigenvalue weighted by Gasteiger charge is -2.01. The van der Waals surface area contributed by atoms with Gasteiger partial charge in [0.25, 0.3) is 0 Å². The molecule has 0 fully saturated rings. The molecule has 0 aromatic rings. The number of esters is 1. The lowest BCUT2D eigenvalue weighted by atomic mass is 10.4. The van der Waals surface area contributed by atoms with Gasteiger partial charge >= 0.3 is 14.2 Å². The van der Waals surface area contributed by atoms with Crippen LogP contribution < -0.4 is 0 Å². The highest BCUT2D eigenvalue weighted by molar-refractivity contribution is 7.32. The summed E-state index contributed by atoms with van der Waals surface area (Å²) < 4.78 is 18.8. The molecule has 0 saturated carbocycles. The number of hydrogen-bond acceptors (Lipinski definition) is 4. The average Bonchev–Trinajstić information content (AvgIpc) is 1.86. The van der Waals surface area contributed by atoms with Crippen LogP contribution in [-0.2, 0) is 18.6 Å². The maximum atomic E-state index is 10.7. The van der Waals surface area contributed by atoms with E-state index in [2.05, 4.69) is 9.26 Å². The van der Waals surface area contributed by atoms with Gasteiger partial charge in [-0.2, -0.15) is 0 Å². The fraction of sp³-hybridized carbons (Fsp3) is 0.800. The van der Waals surface area contributed by atoms with Gasteiger partial charge in [0.2, 0.25) is 6.10 Å². The molecule has 0 bridgehead atoms. The Balaban J connectivity index is 3.73. The van der Waals surface area contributed by atoms with E-state index in [1.54, 1.807) is 6.92 Å². The second-order valence-corrected chi connectivity index (χ2v) is 2.42. The van der Waals surface area contributed by atoms with Crippen molar-refractivity contribution in [2.24, 2.45) is 0 Å². The molecule has 64 valence electrons. The smallest absolute Gasteiger partial charge is 0.464 e. The van der Waals surface area contributed by atoms with Crippen LogP contribution in [0.25, 0.3) is 0 Å². The molecule has 0 aromatic heterocycles. The normalized spacial score (nSPS) is 13.9. The maximum absolute atomic E-state index is 10.7. The van der Waals surface area contributed by atoms with Crippen LogP contribution in [0.2, 0.25) is 0 Å². The van der Waals surface area contributed by atoms with Crippen molar-refractivity contribution >= 4 is 14.2 Å². The summed E-state index contributed by atoms with van der Waals surface area (Å²) in [5.41, 5.74) is 0. The van der Waals surface area contributed by atoms with Crippen LogP contribution in [-0.4, -0.2) is 23.6 Å². The Kier molecular flexibility index (Phi) is 4.94. The van der Waals surface area contributed by atoms with Crippen LogP contribution in [0.1, 0.15) is 13.8 Å². The molecule has 2 atom stereocenters. The van der Waals surface area contributed by atoms with E-state index in [4.69, 9.17) is 4.89 Å². The van der Waals surface area contributed by atoms with Gasteiger partial charge in [0.1, 0.15) is 0 Å². The van der Waals surface area contributed by atoms with Crippen LogP contribution in [0, 0.1) is 0 Å². The fourth-order valence-corrected chi connectivity index (χ4v) is 0.794. The topological polar surface area (TPSA) is 72.8 Å². The largest absolute Gasteiger partial charge is 0.695 e. The lowest BCUT2D eigenvalue weighted by molar-refractivity contribution is -0.150. The van der Waals surface area contributed by atoms with Gasteiger partial charge in [0.15, 0.2) is 0 Å². The van der Waals surface area contributed by atoms with Crippen molar-refractivity contribution in [1.82, 2.24) is 0 Å². The predicted molar refractivity (Wildman–Crippen MR) is 37.0 cm³/mol. The molecule has 0 aromatic carbocycles. The fourth-order valence-electron chi connectivity index (χ4n) is 0.438. The van der Waals surface area contributed by atoms with E-state index in [1.807, 2.05) is 0 Å². The van der Waals surface area contributed by atoms with Crippen molar-refractivity contribution < 1.29 is 23.5 Å². The summed E-state index contributed by atoms with van der Waals surface area (Å²) in [6.45, 7) is 3.22. The summed E-state index contributed by atoms with van der Waals surface area (Å²) in [5.74, 6) is -0.634. The molecular formula is C5H10O5P+. The molecule has 0 radical (unpaired) electrons. The van der Waals surface area contributed by atoms with Gasteiger partial charge in [-0.1, -0.05) is 0 Å². The maximum Gasteiger partial charge on any atom is 0.695 e. The molecule has 0 amide bonds. The van der Waals surface area contributed by atoms with Gasteiger partial charge in [0, 0.05) is 4.57 Å². The quantitative estimate of drug-likeness (QED) is 0.508. The van der Waals surface area contributed by atoms with Crippen LogP contribution in [0.5, 0.6) is 0 Å². The summed E-state index contributed by atoms with van der Waals surface area (Å²) in [7, 11) is -2.73. The lowest BCUT2D eigenvalue weighted by Crippen LogP contribution is -2.20. The van der Waals surface area contributed by atoms with Crippen molar-refractivity contribution in [1.29, 1.82) is 0 Å². The van der Waals surface area contributed by atoms with E-state index >= 15 is 0 Å². The molecule has 0 spiro atoms. The molecule has 0 rings (SSSR count). The highest BCUT2D eigenvalue weighted by atomic mass is 31.1. The first-order valence-electron chi connectivity index (χ1n) is 3.07. The molecule has 2 unspecified atom stereocenters. The zero-order valence-corrected chi connectivity index (χ0v) is 7.21. The van der Waals surface area contributed by atoms with Crippen molar-refractivity contribution in [2.45, 2.75) is 20.0 Å². The van der Waals surface area contributed by atoms with Crippen molar-refractivity contribution in [2.75, 3.05) is 6.61 Å². The first-order valence-corrected chi connectivity index (χ1v) is 4.20. The van der Waals surface area contributed by atoms with Gasteiger partial charge in [0.05, 0.1) is 6.61 Å². The SMILES string of the molecule is CCOC(=O)C(C)O[P+](=O)O. The Hall–Kier alpha value is -0.510. The minimum absolute atomic E-state index is 0.231. The molecule has 0 aliphatic heterocycles. The van der Waals surface area contributed by atoms with Crippen LogP contribution >= 0.6 is 8.25 Å². The molecule has 11 heavy (non-hydrogen) atoms. The number of hydrogen-bond donors (Lipinski definition) is 1. The summed E-state index contributed by atoms with van der Waals surface area (Å²) in [6, 6.07) is 0. The van der Waals surface area contributed by atoms with E-state index in [-0.39, 0.29) is 6.61 Å². The second-order valence-electron chi connectivity index (χ2n) is 1.74. The molecular weight excluding hydrogens is 171 g/mol. The Morgan fingerprint density at radius 2 is 2.27 bits per heavy atom. The van der Waals surface area contributed by atoms with Crippen molar-refractivity contribution in [3.63, 3.8) is 0 Å². The molecule has 0 saturated heterocycles. The standard InChI is InChI=1S/C5H9O5P/c1-3-9-5(6)4(2)10-11(7)8/h4H,3H2,1-2H3/p+1. The van der Waals surface area contributed by atoms with Crippen LogP contribution in [0.15, 0.2) is 0 Å². The number of carbonyl (C=O) groups is 1. The van der Waals surface area contributed by atoms with Gasteiger partial charge in [-0.25, -0.2) is 4.79 Å². The Morgan fingerprint density at radius 1 is 1.73 bits per heavy atom.